The molecular weight excluding hydrogens is 271 g/mol. The molecule has 1 aromatic carbocycles. The highest BCUT2D eigenvalue weighted by Crippen LogP contribution is 2.03. The van der Waals surface area contributed by atoms with Gasteiger partial charge in [-0.2, -0.15) is 0 Å². The number of nitrogens with zero attached hydrogens (tertiary/aromatic N) is 1. The van der Waals surface area contributed by atoms with Crippen molar-refractivity contribution >= 4 is 11.8 Å². The number of hydrogen-bond acceptors (Lipinski definition) is 2. The largest absolute Gasteiger partial charge is 0.354 e. The Kier molecular flexibility index (Phi) is 6.85. The van der Waals surface area contributed by atoms with Crippen LogP contribution in [-0.2, 0) is 16.0 Å². The molecule has 0 fully saturated rings. The zero-order chi connectivity index (χ0) is 15.8. The van der Waals surface area contributed by atoms with Gasteiger partial charge in [0.25, 0.3) is 0 Å². The fourth-order valence-electron chi connectivity index (χ4n) is 2.00. The second kappa shape index (κ2) is 8.39. The summed E-state index contributed by atoms with van der Waals surface area (Å²) >= 11 is 0. The summed E-state index contributed by atoms with van der Waals surface area (Å²) in [4.78, 5) is 24.9. The minimum Gasteiger partial charge on any atom is -0.354 e. The summed E-state index contributed by atoms with van der Waals surface area (Å²) in [6.07, 6.45) is 0.213. The third kappa shape index (κ3) is 6.88. The highest BCUT2D eigenvalue weighted by molar-refractivity contribution is 5.78. The normalized spacial score (nSPS) is 10.5. The van der Waals surface area contributed by atoms with Crippen LogP contribution in [0.1, 0.15) is 26.3 Å². The molecule has 0 saturated carbocycles. The minimum absolute atomic E-state index is 0.0106. The first-order valence-electron chi connectivity index (χ1n) is 7.15. The Balaban J connectivity index is 2.35. The van der Waals surface area contributed by atoms with Gasteiger partial charge < -0.3 is 10.2 Å². The molecule has 0 saturated heterocycles. The number of benzene rings is 1. The average Bonchev–Trinajstić information content (AvgIpc) is 2.39. The lowest BCUT2D eigenvalue weighted by molar-refractivity contribution is -0.130. The van der Waals surface area contributed by atoms with E-state index in [0.717, 1.165) is 5.56 Å². The highest BCUT2D eigenvalue weighted by atomic mass is 19.1. The molecule has 1 N–H and O–H groups in total. The number of carbonyl (C=O) groups excluding carboxylic acids is 2. The SMILES string of the molecule is CC(=O)N(CCNC(=O)Cc1ccc(F)cc1)CC(C)C. The van der Waals surface area contributed by atoms with Crippen LogP contribution in [0.25, 0.3) is 0 Å². The van der Waals surface area contributed by atoms with E-state index in [0.29, 0.717) is 25.6 Å². The molecule has 1 rings (SSSR count). The van der Waals surface area contributed by atoms with Crippen LogP contribution in [0, 0.1) is 11.7 Å². The number of nitrogens with one attached hydrogen (secondary N) is 1. The zero-order valence-corrected chi connectivity index (χ0v) is 12.9. The number of rotatable bonds is 7. The van der Waals surface area contributed by atoms with Crippen LogP contribution in [0.15, 0.2) is 24.3 Å². The Hall–Kier alpha value is -1.91. The summed E-state index contributed by atoms with van der Waals surface area (Å²) < 4.78 is 12.8. The minimum atomic E-state index is -0.315. The maximum absolute atomic E-state index is 12.8. The van der Waals surface area contributed by atoms with Gasteiger partial charge in [0.05, 0.1) is 6.42 Å². The lowest BCUT2D eigenvalue weighted by atomic mass is 10.1. The van der Waals surface area contributed by atoms with E-state index in [-0.39, 0.29) is 24.1 Å². The van der Waals surface area contributed by atoms with E-state index in [1.807, 2.05) is 13.8 Å². The van der Waals surface area contributed by atoms with Gasteiger partial charge in [0.15, 0.2) is 0 Å². The fourth-order valence-corrected chi connectivity index (χ4v) is 2.00. The Bertz CT molecular complexity index is 472. The molecule has 0 heterocycles. The van der Waals surface area contributed by atoms with Crippen molar-refractivity contribution < 1.29 is 14.0 Å². The van der Waals surface area contributed by atoms with Crippen LogP contribution in [0.5, 0.6) is 0 Å². The maximum Gasteiger partial charge on any atom is 0.224 e. The second-order valence-electron chi connectivity index (χ2n) is 5.51. The fraction of sp³-hybridized carbons (Fsp3) is 0.500. The van der Waals surface area contributed by atoms with Gasteiger partial charge in [0, 0.05) is 26.6 Å². The van der Waals surface area contributed by atoms with Crippen molar-refractivity contribution in [3.63, 3.8) is 0 Å². The highest BCUT2D eigenvalue weighted by Gasteiger charge is 2.11. The number of carbonyl (C=O) groups is 2. The summed E-state index contributed by atoms with van der Waals surface area (Å²) in [6, 6.07) is 5.86. The molecule has 0 unspecified atom stereocenters. The van der Waals surface area contributed by atoms with Gasteiger partial charge in [-0.05, 0) is 23.6 Å². The number of hydrogen-bond donors (Lipinski definition) is 1. The molecular formula is C16H23FN2O2. The molecule has 116 valence electrons. The molecule has 0 radical (unpaired) electrons. The van der Waals surface area contributed by atoms with Crippen LogP contribution < -0.4 is 5.32 Å². The van der Waals surface area contributed by atoms with E-state index < -0.39 is 0 Å². The molecule has 21 heavy (non-hydrogen) atoms. The predicted molar refractivity (Wildman–Crippen MR) is 80.2 cm³/mol. The third-order valence-electron chi connectivity index (χ3n) is 3.01. The van der Waals surface area contributed by atoms with Crippen LogP contribution in [0.4, 0.5) is 4.39 Å². The smallest absolute Gasteiger partial charge is 0.224 e. The first-order chi connectivity index (χ1) is 9.88. The lowest BCUT2D eigenvalue weighted by Crippen LogP contribution is -2.39. The second-order valence-corrected chi connectivity index (χ2v) is 5.51. The molecule has 0 spiro atoms. The van der Waals surface area contributed by atoms with E-state index in [4.69, 9.17) is 0 Å². The molecule has 0 atom stereocenters. The Morgan fingerprint density at radius 2 is 1.86 bits per heavy atom. The Morgan fingerprint density at radius 1 is 1.24 bits per heavy atom. The third-order valence-corrected chi connectivity index (χ3v) is 3.01. The first kappa shape index (κ1) is 17.1. The molecule has 4 nitrogen and oxygen atoms in total. The zero-order valence-electron chi connectivity index (χ0n) is 12.9. The van der Waals surface area contributed by atoms with E-state index in [2.05, 4.69) is 5.32 Å². The summed E-state index contributed by atoms with van der Waals surface area (Å²) in [6.45, 7) is 7.23. The van der Waals surface area contributed by atoms with E-state index in [1.165, 1.54) is 19.1 Å². The first-order valence-corrected chi connectivity index (χ1v) is 7.15. The topological polar surface area (TPSA) is 49.4 Å². The number of halogens is 1. The lowest BCUT2D eigenvalue weighted by Gasteiger charge is -2.23. The molecule has 2 amide bonds. The Morgan fingerprint density at radius 3 is 2.38 bits per heavy atom. The van der Waals surface area contributed by atoms with Crippen LogP contribution in [-0.4, -0.2) is 36.3 Å². The van der Waals surface area contributed by atoms with Gasteiger partial charge in [-0.1, -0.05) is 26.0 Å². The van der Waals surface area contributed by atoms with Gasteiger partial charge in [-0.25, -0.2) is 4.39 Å². The Labute approximate surface area is 125 Å². The van der Waals surface area contributed by atoms with Crippen molar-refractivity contribution in [1.82, 2.24) is 10.2 Å². The molecule has 1 aromatic rings. The summed E-state index contributed by atoms with van der Waals surface area (Å²) in [5.41, 5.74) is 0.763. The van der Waals surface area contributed by atoms with Crippen molar-refractivity contribution in [2.75, 3.05) is 19.6 Å². The average molecular weight is 294 g/mol. The number of amides is 2. The molecule has 0 aliphatic heterocycles. The van der Waals surface area contributed by atoms with Gasteiger partial charge >= 0.3 is 0 Å². The van der Waals surface area contributed by atoms with E-state index in [1.54, 1.807) is 17.0 Å². The van der Waals surface area contributed by atoms with E-state index >= 15 is 0 Å². The van der Waals surface area contributed by atoms with Gasteiger partial charge in [-0.3, -0.25) is 9.59 Å². The predicted octanol–water partition coefficient (Wildman–Crippen LogP) is 1.99. The summed E-state index contributed by atoms with van der Waals surface area (Å²) in [5, 5.41) is 2.78. The van der Waals surface area contributed by atoms with Crippen molar-refractivity contribution in [1.29, 1.82) is 0 Å². The van der Waals surface area contributed by atoms with Gasteiger partial charge in [0.2, 0.25) is 11.8 Å². The van der Waals surface area contributed by atoms with Crippen LogP contribution in [0.3, 0.4) is 0 Å². The van der Waals surface area contributed by atoms with Crippen molar-refractivity contribution in [3.05, 3.63) is 35.6 Å². The van der Waals surface area contributed by atoms with Gasteiger partial charge in [0.1, 0.15) is 5.82 Å². The molecule has 0 bridgehead atoms. The molecule has 0 aliphatic carbocycles. The van der Waals surface area contributed by atoms with Gasteiger partial charge in [-0.15, -0.1) is 0 Å². The van der Waals surface area contributed by atoms with Crippen LogP contribution >= 0.6 is 0 Å². The quantitative estimate of drug-likeness (QED) is 0.836. The van der Waals surface area contributed by atoms with Crippen molar-refractivity contribution in [2.24, 2.45) is 5.92 Å². The molecule has 0 aromatic heterocycles. The summed E-state index contributed by atoms with van der Waals surface area (Å²) in [7, 11) is 0. The monoisotopic (exact) mass is 294 g/mol. The standard InChI is InChI=1S/C16H23FN2O2/c1-12(2)11-19(13(3)20)9-8-18-16(21)10-14-4-6-15(17)7-5-14/h4-7,12H,8-11H2,1-3H3,(H,18,21). The van der Waals surface area contributed by atoms with Crippen molar-refractivity contribution in [3.8, 4) is 0 Å². The van der Waals surface area contributed by atoms with Crippen molar-refractivity contribution in [2.45, 2.75) is 27.2 Å². The molecule has 5 heteroatoms. The summed E-state index contributed by atoms with van der Waals surface area (Å²) in [5.74, 6) is -0.0418. The van der Waals surface area contributed by atoms with E-state index in [9.17, 15) is 14.0 Å². The van der Waals surface area contributed by atoms with Crippen LogP contribution in [0.2, 0.25) is 0 Å². The molecule has 0 aliphatic rings. The maximum atomic E-state index is 12.8.